The molecule has 19 heavy (non-hydrogen) atoms. The van der Waals surface area contributed by atoms with Crippen LogP contribution in [0.15, 0.2) is 24.3 Å². The third-order valence-corrected chi connectivity index (χ3v) is 3.56. The lowest BCUT2D eigenvalue weighted by atomic mass is 10.1. The highest BCUT2D eigenvalue weighted by Gasteiger charge is 2.36. The molecule has 1 aromatic carbocycles. The first-order chi connectivity index (χ1) is 9.04. The zero-order valence-corrected chi connectivity index (χ0v) is 10.3. The first-order valence-electron chi connectivity index (χ1n) is 5.43. The molecular formula is C11H8F3N3OS. The van der Waals surface area contributed by atoms with Gasteiger partial charge in [0.05, 0.1) is 6.04 Å². The number of fused-ring (bicyclic) bond motifs is 1. The minimum Gasteiger partial charge on any atom is -0.491 e. The normalized spacial score (nSPS) is 17.9. The number of alkyl halides is 3. The number of rotatable bonds is 2. The molecule has 0 saturated heterocycles. The number of hydrogen-bond donors (Lipinski definition) is 1. The fourth-order valence-electron chi connectivity index (χ4n) is 1.83. The van der Waals surface area contributed by atoms with Crippen LogP contribution in [-0.4, -0.2) is 16.8 Å². The van der Waals surface area contributed by atoms with Gasteiger partial charge in [-0.15, -0.1) is 10.2 Å². The third-order valence-electron chi connectivity index (χ3n) is 2.67. The standard InChI is InChI=1S/C11H8F3N3OS/c12-11(13,14)9-16-17-10(19-9)15-7-5-18-8-4-2-1-3-6(7)8/h1-4,7H,5H2,(H,15,17). The molecule has 1 N–H and O–H groups in total. The summed E-state index contributed by atoms with van der Waals surface area (Å²) in [5.41, 5.74) is 0.909. The van der Waals surface area contributed by atoms with Crippen LogP contribution in [-0.2, 0) is 6.18 Å². The summed E-state index contributed by atoms with van der Waals surface area (Å²) >= 11 is 0.487. The predicted molar refractivity (Wildman–Crippen MR) is 63.2 cm³/mol. The summed E-state index contributed by atoms with van der Waals surface area (Å²) in [6, 6.07) is 7.17. The molecule has 0 spiro atoms. The average molecular weight is 287 g/mol. The number of anilines is 1. The summed E-state index contributed by atoms with van der Waals surface area (Å²) in [6.45, 7) is 0.361. The Bertz CT molecular complexity index is 599. The Balaban J connectivity index is 1.78. The van der Waals surface area contributed by atoms with Crippen molar-refractivity contribution in [1.29, 1.82) is 0 Å². The van der Waals surface area contributed by atoms with Gasteiger partial charge in [0.1, 0.15) is 12.4 Å². The van der Waals surface area contributed by atoms with Gasteiger partial charge in [-0.3, -0.25) is 0 Å². The average Bonchev–Trinajstić information content (AvgIpc) is 2.97. The van der Waals surface area contributed by atoms with Crippen LogP contribution in [0.2, 0.25) is 0 Å². The fraction of sp³-hybridized carbons (Fsp3) is 0.273. The zero-order valence-electron chi connectivity index (χ0n) is 9.44. The van der Waals surface area contributed by atoms with Crippen LogP contribution in [0.5, 0.6) is 5.75 Å². The van der Waals surface area contributed by atoms with Crippen molar-refractivity contribution in [1.82, 2.24) is 10.2 Å². The van der Waals surface area contributed by atoms with Crippen molar-refractivity contribution in [3.8, 4) is 5.75 Å². The van der Waals surface area contributed by atoms with Crippen molar-refractivity contribution in [2.75, 3.05) is 11.9 Å². The molecule has 0 saturated carbocycles. The number of halogens is 3. The van der Waals surface area contributed by atoms with Crippen molar-refractivity contribution >= 4 is 16.5 Å². The van der Waals surface area contributed by atoms with Gasteiger partial charge in [-0.2, -0.15) is 13.2 Å². The van der Waals surface area contributed by atoms with E-state index in [1.807, 2.05) is 24.3 Å². The van der Waals surface area contributed by atoms with Crippen molar-refractivity contribution in [3.05, 3.63) is 34.8 Å². The second-order valence-corrected chi connectivity index (χ2v) is 4.93. The van der Waals surface area contributed by atoms with Gasteiger partial charge in [0.2, 0.25) is 10.1 Å². The van der Waals surface area contributed by atoms with Gasteiger partial charge in [0.25, 0.3) is 0 Å². The molecule has 4 nitrogen and oxygen atoms in total. The molecule has 2 aromatic rings. The Morgan fingerprint density at radius 1 is 1.26 bits per heavy atom. The van der Waals surface area contributed by atoms with E-state index in [-0.39, 0.29) is 11.2 Å². The van der Waals surface area contributed by atoms with Crippen molar-refractivity contribution < 1.29 is 17.9 Å². The van der Waals surface area contributed by atoms with E-state index >= 15 is 0 Å². The topological polar surface area (TPSA) is 47.0 Å². The maximum absolute atomic E-state index is 12.4. The quantitative estimate of drug-likeness (QED) is 0.922. The summed E-state index contributed by atoms with van der Waals surface area (Å²) in [5.74, 6) is 0.737. The number of para-hydroxylation sites is 1. The lowest BCUT2D eigenvalue weighted by Gasteiger charge is -2.09. The van der Waals surface area contributed by atoms with Gasteiger partial charge in [-0.25, -0.2) is 0 Å². The molecule has 1 aliphatic rings. The SMILES string of the molecule is FC(F)(F)c1nnc(NC2COc3ccccc32)s1. The van der Waals surface area contributed by atoms with Crippen LogP contribution >= 0.6 is 11.3 Å². The number of nitrogens with zero attached hydrogens (tertiary/aromatic N) is 2. The zero-order chi connectivity index (χ0) is 13.5. The van der Waals surface area contributed by atoms with Crippen LogP contribution in [0.25, 0.3) is 0 Å². The first kappa shape index (κ1) is 12.2. The second kappa shape index (κ2) is 4.37. The first-order valence-corrected chi connectivity index (χ1v) is 6.24. The van der Waals surface area contributed by atoms with Crippen LogP contribution in [0.4, 0.5) is 18.3 Å². The highest BCUT2D eigenvalue weighted by atomic mass is 32.1. The molecule has 0 fully saturated rings. The molecule has 1 unspecified atom stereocenters. The molecule has 0 bridgehead atoms. The molecule has 0 amide bonds. The van der Waals surface area contributed by atoms with E-state index in [1.165, 1.54) is 0 Å². The van der Waals surface area contributed by atoms with Crippen molar-refractivity contribution in [2.24, 2.45) is 0 Å². The van der Waals surface area contributed by atoms with Crippen LogP contribution in [0.3, 0.4) is 0 Å². The Labute approximate surface area is 110 Å². The van der Waals surface area contributed by atoms with Gasteiger partial charge in [0, 0.05) is 5.56 Å². The van der Waals surface area contributed by atoms with E-state index in [0.29, 0.717) is 17.9 Å². The lowest BCUT2D eigenvalue weighted by Crippen LogP contribution is -2.11. The molecule has 2 heterocycles. The highest BCUT2D eigenvalue weighted by molar-refractivity contribution is 7.15. The minimum absolute atomic E-state index is 0.137. The van der Waals surface area contributed by atoms with Crippen molar-refractivity contribution in [2.45, 2.75) is 12.2 Å². The summed E-state index contributed by atoms with van der Waals surface area (Å²) in [5, 5.41) is 8.72. The molecular weight excluding hydrogens is 279 g/mol. The van der Waals surface area contributed by atoms with E-state index in [2.05, 4.69) is 15.5 Å². The monoisotopic (exact) mass is 287 g/mol. The molecule has 0 radical (unpaired) electrons. The van der Waals surface area contributed by atoms with E-state index in [9.17, 15) is 13.2 Å². The smallest absolute Gasteiger partial charge is 0.445 e. The van der Waals surface area contributed by atoms with Crippen LogP contribution < -0.4 is 10.1 Å². The van der Waals surface area contributed by atoms with E-state index in [0.717, 1.165) is 11.3 Å². The molecule has 8 heteroatoms. The van der Waals surface area contributed by atoms with Gasteiger partial charge in [0.15, 0.2) is 0 Å². The maximum Gasteiger partial charge on any atom is 0.445 e. The lowest BCUT2D eigenvalue weighted by molar-refractivity contribution is -0.138. The van der Waals surface area contributed by atoms with E-state index in [4.69, 9.17) is 4.74 Å². The van der Waals surface area contributed by atoms with Gasteiger partial charge >= 0.3 is 6.18 Å². The summed E-state index contributed by atoms with van der Waals surface area (Å²) in [6.07, 6.45) is -4.46. The maximum atomic E-state index is 12.4. The summed E-state index contributed by atoms with van der Waals surface area (Å²) in [4.78, 5) is 0. The molecule has 0 aliphatic carbocycles. The largest absolute Gasteiger partial charge is 0.491 e. The number of nitrogens with one attached hydrogen (secondary N) is 1. The number of aromatic nitrogens is 2. The van der Waals surface area contributed by atoms with Gasteiger partial charge < -0.3 is 10.1 Å². The van der Waals surface area contributed by atoms with Crippen LogP contribution in [0, 0.1) is 0 Å². The highest BCUT2D eigenvalue weighted by Crippen LogP contribution is 2.37. The summed E-state index contributed by atoms with van der Waals surface area (Å²) in [7, 11) is 0. The molecule has 1 aliphatic heterocycles. The Kier molecular flexibility index (Phi) is 2.81. The second-order valence-electron chi connectivity index (χ2n) is 3.96. The third kappa shape index (κ3) is 2.35. The van der Waals surface area contributed by atoms with Gasteiger partial charge in [-0.05, 0) is 6.07 Å². The van der Waals surface area contributed by atoms with E-state index < -0.39 is 11.2 Å². The molecule has 3 rings (SSSR count). The molecule has 1 aromatic heterocycles. The predicted octanol–water partition coefficient (Wildman–Crippen LogP) is 3.10. The van der Waals surface area contributed by atoms with E-state index in [1.54, 1.807) is 0 Å². The Morgan fingerprint density at radius 2 is 2.05 bits per heavy atom. The van der Waals surface area contributed by atoms with Gasteiger partial charge in [-0.1, -0.05) is 29.5 Å². The molecule has 1 atom stereocenters. The van der Waals surface area contributed by atoms with Crippen molar-refractivity contribution in [3.63, 3.8) is 0 Å². The number of hydrogen-bond acceptors (Lipinski definition) is 5. The molecule has 100 valence electrons. The Hall–Kier alpha value is -1.83. The summed E-state index contributed by atoms with van der Waals surface area (Å²) < 4.78 is 42.7. The number of benzene rings is 1. The fourth-order valence-corrected chi connectivity index (χ4v) is 2.49. The minimum atomic E-state index is -4.46. The number of ether oxygens (including phenoxy) is 1. The Morgan fingerprint density at radius 3 is 2.79 bits per heavy atom. The van der Waals surface area contributed by atoms with Crippen LogP contribution in [0.1, 0.15) is 16.6 Å².